The van der Waals surface area contributed by atoms with Crippen molar-refractivity contribution in [2.24, 2.45) is 22.1 Å². The molecule has 0 radical (unpaired) electrons. The van der Waals surface area contributed by atoms with Crippen molar-refractivity contribution in [2.45, 2.75) is 58.5 Å². The molecule has 1 aliphatic carbocycles. The minimum atomic E-state index is 0.143. The Hall–Kier alpha value is -1.03. The first-order valence-corrected chi connectivity index (χ1v) is 8.91. The van der Waals surface area contributed by atoms with Crippen LogP contribution in [-0.4, -0.2) is 22.9 Å². The molecule has 2 heterocycles. The Labute approximate surface area is 132 Å². The maximum atomic E-state index is 6.29. The molecule has 1 aliphatic heterocycles. The van der Waals surface area contributed by atoms with E-state index < -0.39 is 0 Å². The van der Waals surface area contributed by atoms with Crippen LogP contribution in [0.5, 0.6) is 0 Å². The molecule has 2 atom stereocenters. The molecule has 0 aromatic carbocycles. The van der Waals surface area contributed by atoms with Gasteiger partial charge >= 0.3 is 0 Å². The smallest absolute Gasteiger partial charge is 0.192 e. The number of nitrogens with two attached hydrogens (primary N) is 1. The van der Waals surface area contributed by atoms with Gasteiger partial charge in [0.2, 0.25) is 0 Å². The largest absolute Gasteiger partial charge is 0.370 e. The summed E-state index contributed by atoms with van der Waals surface area (Å²) >= 11 is 1.82. The zero-order valence-electron chi connectivity index (χ0n) is 13.4. The van der Waals surface area contributed by atoms with Crippen LogP contribution in [0.4, 0.5) is 0 Å². The molecular formula is C17H27N3S. The van der Waals surface area contributed by atoms with Crippen molar-refractivity contribution in [3.05, 3.63) is 22.4 Å². The van der Waals surface area contributed by atoms with Crippen LogP contribution < -0.4 is 5.73 Å². The molecule has 2 N–H and O–H groups in total. The van der Waals surface area contributed by atoms with Crippen molar-refractivity contribution >= 4 is 17.3 Å². The van der Waals surface area contributed by atoms with Gasteiger partial charge < -0.3 is 10.6 Å². The highest BCUT2D eigenvalue weighted by molar-refractivity contribution is 7.09. The Balaban J connectivity index is 1.93. The number of hydrogen-bond acceptors (Lipinski definition) is 4. The number of hydrogen-bond donors (Lipinski definition) is 1. The molecule has 0 bridgehead atoms. The van der Waals surface area contributed by atoms with E-state index in [9.17, 15) is 0 Å². The van der Waals surface area contributed by atoms with Gasteiger partial charge in [-0.15, -0.1) is 11.3 Å². The van der Waals surface area contributed by atoms with Crippen LogP contribution >= 0.6 is 11.3 Å². The first kappa shape index (κ1) is 14.9. The Morgan fingerprint density at radius 1 is 1.43 bits per heavy atom. The highest BCUT2D eigenvalue weighted by atomic mass is 32.1. The Morgan fingerprint density at radius 3 is 2.90 bits per heavy atom. The summed E-state index contributed by atoms with van der Waals surface area (Å²) in [5.41, 5.74) is 6.73. The Bertz CT molecular complexity index is 515. The molecule has 1 fully saturated rings. The van der Waals surface area contributed by atoms with Crippen LogP contribution in [0, 0.1) is 11.3 Å². The van der Waals surface area contributed by atoms with Gasteiger partial charge in [0.1, 0.15) is 0 Å². The van der Waals surface area contributed by atoms with Gasteiger partial charge in [-0.25, -0.2) is 0 Å². The summed E-state index contributed by atoms with van der Waals surface area (Å²) in [7, 11) is 0. The van der Waals surface area contributed by atoms with E-state index in [4.69, 9.17) is 5.73 Å². The highest BCUT2D eigenvalue weighted by Gasteiger charge is 2.52. The maximum absolute atomic E-state index is 6.29. The molecule has 1 aromatic heterocycles. The summed E-state index contributed by atoms with van der Waals surface area (Å²) in [4.78, 5) is 8.47. The topological polar surface area (TPSA) is 41.6 Å². The third-order valence-electron chi connectivity index (χ3n) is 5.27. The highest BCUT2D eigenvalue weighted by Crippen LogP contribution is 2.49. The molecule has 3 rings (SSSR count). The summed E-state index contributed by atoms with van der Waals surface area (Å²) in [5, 5.41) is 2.15. The third-order valence-corrected chi connectivity index (χ3v) is 6.13. The average molecular weight is 305 g/mol. The molecular weight excluding hydrogens is 278 g/mol. The van der Waals surface area contributed by atoms with Crippen LogP contribution in [0.3, 0.4) is 0 Å². The van der Waals surface area contributed by atoms with Gasteiger partial charge in [-0.05, 0) is 35.6 Å². The van der Waals surface area contributed by atoms with E-state index in [1.54, 1.807) is 0 Å². The van der Waals surface area contributed by atoms with Crippen molar-refractivity contribution in [1.29, 1.82) is 0 Å². The molecule has 2 unspecified atom stereocenters. The summed E-state index contributed by atoms with van der Waals surface area (Å²) in [5.74, 6) is 1.41. The molecule has 21 heavy (non-hydrogen) atoms. The second-order valence-electron chi connectivity index (χ2n) is 7.61. The fourth-order valence-corrected chi connectivity index (χ4v) is 5.08. The maximum Gasteiger partial charge on any atom is 0.192 e. The van der Waals surface area contributed by atoms with Gasteiger partial charge in [-0.1, -0.05) is 39.7 Å². The lowest BCUT2D eigenvalue weighted by Gasteiger charge is -2.52. The van der Waals surface area contributed by atoms with Crippen LogP contribution in [0.15, 0.2) is 22.5 Å². The van der Waals surface area contributed by atoms with Gasteiger partial charge in [0.05, 0.1) is 18.6 Å². The second kappa shape index (κ2) is 5.31. The molecule has 116 valence electrons. The van der Waals surface area contributed by atoms with Gasteiger partial charge in [0.15, 0.2) is 5.96 Å². The van der Waals surface area contributed by atoms with E-state index in [0.717, 1.165) is 19.0 Å². The molecule has 4 heteroatoms. The molecule has 0 saturated heterocycles. The van der Waals surface area contributed by atoms with E-state index in [1.807, 2.05) is 11.3 Å². The third kappa shape index (κ3) is 2.59. The predicted molar refractivity (Wildman–Crippen MR) is 90.5 cm³/mol. The second-order valence-corrected chi connectivity index (χ2v) is 8.64. The number of guanidine groups is 1. The van der Waals surface area contributed by atoms with Crippen LogP contribution in [0.1, 0.15) is 51.3 Å². The zero-order valence-corrected chi connectivity index (χ0v) is 14.2. The monoisotopic (exact) mass is 305 g/mol. The number of aliphatic imine (C=N–C) groups is 1. The standard InChI is InChI=1S/C17H27N3S/c1-16(2,3)14-8-4-5-9-17(14)12-19-15(18)20(17)11-13-7-6-10-21-13/h6-7,10,14H,4-5,8-9,11-12H2,1-3H3,(H2,18,19). The molecule has 1 aromatic rings. The van der Waals surface area contributed by atoms with Gasteiger partial charge in [0, 0.05) is 4.88 Å². The molecule has 2 aliphatic rings. The van der Waals surface area contributed by atoms with Crippen molar-refractivity contribution < 1.29 is 0 Å². The van der Waals surface area contributed by atoms with Crippen LogP contribution in [0.2, 0.25) is 0 Å². The lowest BCUT2D eigenvalue weighted by Crippen LogP contribution is -2.59. The number of nitrogens with zero attached hydrogens (tertiary/aromatic N) is 2. The van der Waals surface area contributed by atoms with Crippen molar-refractivity contribution in [2.75, 3.05) is 6.54 Å². The normalized spacial score (nSPS) is 30.0. The van der Waals surface area contributed by atoms with E-state index in [2.05, 4.69) is 48.2 Å². The predicted octanol–water partition coefficient (Wildman–Crippen LogP) is 3.85. The summed E-state index contributed by atoms with van der Waals surface area (Å²) in [6.07, 6.45) is 5.17. The minimum Gasteiger partial charge on any atom is -0.370 e. The van der Waals surface area contributed by atoms with Crippen molar-refractivity contribution in [3.63, 3.8) is 0 Å². The fraction of sp³-hybridized carbons (Fsp3) is 0.706. The Morgan fingerprint density at radius 2 is 2.24 bits per heavy atom. The Kier molecular flexibility index (Phi) is 3.76. The zero-order chi connectivity index (χ0) is 15.1. The summed E-state index contributed by atoms with van der Waals surface area (Å²) in [6.45, 7) is 8.93. The summed E-state index contributed by atoms with van der Waals surface area (Å²) < 4.78 is 0. The van der Waals surface area contributed by atoms with Crippen LogP contribution in [0.25, 0.3) is 0 Å². The van der Waals surface area contributed by atoms with E-state index >= 15 is 0 Å². The first-order chi connectivity index (χ1) is 9.93. The fourth-order valence-electron chi connectivity index (χ4n) is 4.39. The molecule has 0 amide bonds. The molecule has 1 spiro atoms. The average Bonchev–Trinajstić information content (AvgIpc) is 3.03. The van der Waals surface area contributed by atoms with Gasteiger partial charge in [-0.3, -0.25) is 4.99 Å². The van der Waals surface area contributed by atoms with E-state index in [-0.39, 0.29) is 5.54 Å². The van der Waals surface area contributed by atoms with Crippen LogP contribution in [-0.2, 0) is 6.54 Å². The molecule has 1 saturated carbocycles. The van der Waals surface area contributed by atoms with E-state index in [1.165, 1.54) is 30.6 Å². The lowest BCUT2D eigenvalue weighted by atomic mass is 9.61. The number of rotatable bonds is 2. The first-order valence-electron chi connectivity index (χ1n) is 8.03. The minimum absolute atomic E-state index is 0.143. The van der Waals surface area contributed by atoms with Crippen molar-refractivity contribution in [3.8, 4) is 0 Å². The van der Waals surface area contributed by atoms with Crippen molar-refractivity contribution in [1.82, 2.24) is 4.90 Å². The quantitative estimate of drug-likeness (QED) is 0.901. The van der Waals surface area contributed by atoms with Gasteiger partial charge in [0.25, 0.3) is 0 Å². The molecule has 3 nitrogen and oxygen atoms in total. The van der Waals surface area contributed by atoms with Gasteiger partial charge in [-0.2, -0.15) is 0 Å². The lowest BCUT2D eigenvalue weighted by molar-refractivity contribution is 0.00326. The SMILES string of the molecule is CC(C)(C)C1CCCCC12CN=C(N)N2Cc1cccs1. The number of thiophene rings is 1. The van der Waals surface area contributed by atoms with E-state index in [0.29, 0.717) is 11.3 Å². The summed E-state index contributed by atoms with van der Waals surface area (Å²) in [6, 6.07) is 4.33.